The molecule has 3 aromatic rings. The van der Waals surface area contributed by atoms with Crippen LogP contribution in [0.5, 0.6) is 0 Å². The lowest BCUT2D eigenvalue weighted by Crippen LogP contribution is -2.51. The number of benzene rings is 1. The van der Waals surface area contributed by atoms with Crippen molar-refractivity contribution >= 4 is 5.95 Å². The average Bonchev–Trinajstić information content (AvgIpc) is 2.71. The van der Waals surface area contributed by atoms with Crippen molar-refractivity contribution in [3.8, 4) is 11.4 Å². The van der Waals surface area contributed by atoms with E-state index >= 15 is 0 Å². The maximum atomic E-state index is 4.70. The van der Waals surface area contributed by atoms with Crippen molar-refractivity contribution in [1.29, 1.82) is 0 Å². The normalized spacial score (nSPS) is 18.0. The highest BCUT2D eigenvalue weighted by Crippen LogP contribution is 2.20. The van der Waals surface area contributed by atoms with E-state index in [0.29, 0.717) is 6.04 Å². The van der Waals surface area contributed by atoms with Gasteiger partial charge >= 0.3 is 0 Å². The zero-order valence-corrected chi connectivity index (χ0v) is 14.9. The van der Waals surface area contributed by atoms with Crippen LogP contribution >= 0.6 is 0 Å². The Morgan fingerprint density at radius 3 is 2.62 bits per heavy atom. The fraction of sp³-hybridized carbons (Fsp3) is 0.300. The molecule has 0 spiro atoms. The summed E-state index contributed by atoms with van der Waals surface area (Å²) in [7, 11) is 0. The van der Waals surface area contributed by atoms with Crippen molar-refractivity contribution in [2.75, 3.05) is 24.5 Å². The molecule has 2 aromatic heterocycles. The highest BCUT2D eigenvalue weighted by Gasteiger charge is 2.25. The van der Waals surface area contributed by atoms with Crippen LogP contribution in [-0.2, 0) is 6.54 Å². The minimum Gasteiger partial charge on any atom is -0.338 e. The Bertz CT molecular complexity index is 839. The molecule has 0 unspecified atom stereocenters. The number of aromatic nitrogens is 4. The summed E-state index contributed by atoms with van der Waals surface area (Å²) in [6, 6.07) is 12.9. The molecule has 0 amide bonds. The maximum absolute atomic E-state index is 4.70. The molecule has 1 fully saturated rings. The Morgan fingerprint density at radius 2 is 1.85 bits per heavy atom. The van der Waals surface area contributed by atoms with Crippen molar-refractivity contribution in [3.63, 3.8) is 0 Å². The van der Waals surface area contributed by atoms with Crippen LogP contribution in [0.15, 0.2) is 61.2 Å². The van der Waals surface area contributed by atoms with Gasteiger partial charge in [-0.05, 0) is 18.6 Å². The molecule has 6 heteroatoms. The van der Waals surface area contributed by atoms with Crippen LogP contribution in [0.2, 0.25) is 0 Å². The second-order valence-electron chi connectivity index (χ2n) is 6.58. The number of nitrogens with zero attached hydrogens (tertiary/aromatic N) is 6. The van der Waals surface area contributed by atoms with E-state index in [1.807, 2.05) is 6.07 Å². The third kappa shape index (κ3) is 3.70. The summed E-state index contributed by atoms with van der Waals surface area (Å²) in [6.07, 6.45) is 6.88. The summed E-state index contributed by atoms with van der Waals surface area (Å²) in [4.78, 5) is 22.4. The SMILES string of the molecule is C[C@@H]1CN(c2nccc(-c3cnccn3)n2)CCN1Cc1ccccc1. The lowest BCUT2D eigenvalue weighted by atomic mass is 10.1. The van der Waals surface area contributed by atoms with Gasteiger partial charge in [-0.1, -0.05) is 30.3 Å². The fourth-order valence-electron chi connectivity index (χ4n) is 3.30. The van der Waals surface area contributed by atoms with Crippen LogP contribution in [0, 0.1) is 0 Å². The number of rotatable bonds is 4. The molecule has 0 aliphatic carbocycles. The Balaban J connectivity index is 1.46. The first kappa shape index (κ1) is 16.6. The second-order valence-corrected chi connectivity index (χ2v) is 6.58. The van der Waals surface area contributed by atoms with Gasteiger partial charge in [0.2, 0.25) is 5.95 Å². The van der Waals surface area contributed by atoms with Crippen LogP contribution in [0.4, 0.5) is 5.95 Å². The smallest absolute Gasteiger partial charge is 0.226 e. The third-order valence-electron chi connectivity index (χ3n) is 4.74. The van der Waals surface area contributed by atoms with E-state index in [2.05, 4.69) is 62.0 Å². The average molecular weight is 346 g/mol. The molecule has 4 rings (SSSR count). The molecule has 26 heavy (non-hydrogen) atoms. The van der Waals surface area contributed by atoms with Crippen molar-refractivity contribution in [2.45, 2.75) is 19.5 Å². The minimum atomic E-state index is 0.438. The van der Waals surface area contributed by atoms with Gasteiger partial charge in [-0.3, -0.25) is 14.9 Å². The van der Waals surface area contributed by atoms with Crippen molar-refractivity contribution in [2.24, 2.45) is 0 Å². The number of anilines is 1. The first-order valence-electron chi connectivity index (χ1n) is 8.92. The molecule has 0 bridgehead atoms. The molecule has 1 atom stereocenters. The molecule has 132 valence electrons. The number of hydrogen-bond donors (Lipinski definition) is 0. The summed E-state index contributed by atoms with van der Waals surface area (Å²) in [5.74, 6) is 0.763. The molecular weight excluding hydrogens is 324 g/mol. The highest BCUT2D eigenvalue weighted by molar-refractivity contribution is 5.54. The lowest BCUT2D eigenvalue weighted by Gasteiger charge is -2.40. The van der Waals surface area contributed by atoms with Crippen LogP contribution in [0.3, 0.4) is 0 Å². The van der Waals surface area contributed by atoms with E-state index in [1.54, 1.807) is 24.8 Å². The van der Waals surface area contributed by atoms with E-state index in [4.69, 9.17) is 4.98 Å². The van der Waals surface area contributed by atoms with Crippen LogP contribution in [0.25, 0.3) is 11.4 Å². The summed E-state index contributed by atoms with van der Waals surface area (Å²) >= 11 is 0. The topological polar surface area (TPSA) is 58.0 Å². The zero-order valence-electron chi connectivity index (χ0n) is 14.9. The molecular formula is C20H22N6. The maximum Gasteiger partial charge on any atom is 0.226 e. The van der Waals surface area contributed by atoms with Gasteiger partial charge in [-0.15, -0.1) is 0 Å². The summed E-state index contributed by atoms with van der Waals surface area (Å²) < 4.78 is 0. The Morgan fingerprint density at radius 1 is 0.962 bits per heavy atom. The second kappa shape index (κ2) is 7.58. The van der Waals surface area contributed by atoms with Gasteiger partial charge in [-0.25, -0.2) is 9.97 Å². The minimum absolute atomic E-state index is 0.438. The predicted molar refractivity (Wildman–Crippen MR) is 102 cm³/mol. The quantitative estimate of drug-likeness (QED) is 0.724. The fourth-order valence-corrected chi connectivity index (χ4v) is 3.30. The van der Waals surface area contributed by atoms with Crippen LogP contribution < -0.4 is 4.90 Å². The van der Waals surface area contributed by atoms with Crippen LogP contribution in [0.1, 0.15) is 12.5 Å². The third-order valence-corrected chi connectivity index (χ3v) is 4.74. The molecule has 6 nitrogen and oxygen atoms in total. The van der Waals surface area contributed by atoms with Gasteiger partial charge in [0.25, 0.3) is 0 Å². The molecule has 1 aromatic carbocycles. The van der Waals surface area contributed by atoms with Gasteiger partial charge in [0.05, 0.1) is 11.9 Å². The van der Waals surface area contributed by atoms with Crippen LogP contribution in [-0.4, -0.2) is 50.5 Å². The summed E-state index contributed by atoms with van der Waals surface area (Å²) in [5, 5.41) is 0. The first-order valence-corrected chi connectivity index (χ1v) is 8.92. The van der Waals surface area contributed by atoms with Crippen molar-refractivity contribution in [1.82, 2.24) is 24.8 Å². The van der Waals surface area contributed by atoms with E-state index in [9.17, 15) is 0 Å². The van der Waals surface area contributed by atoms with Crippen molar-refractivity contribution in [3.05, 3.63) is 66.7 Å². The van der Waals surface area contributed by atoms with Gasteiger partial charge in [0.15, 0.2) is 0 Å². The molecule has 1 aliphatic heterocycles. The zero-order chi connectivity index (χ0) is 17.8. The van der Waals surface area contributed by atoms with E-state index in [1.165, 1.54) is 5.56 Å². The molecule has 0 N–H and O–H groups in total. The van der Waals surface area contributed by atoms with Gasteiger partial charge < -0.3 is 4.90 Å². The molecule has 1 saturated heterocycles. The Hall–Kier alpha value is -2.86. The molecule has 0 saturated carbocycles. The van der Waals surface area contributed by atoms with E-state index < -0.39 is 0 Å². The van der Waals surface area contributed by atoms with Gasteiger partial charge in [0, 0.05) is 50.8 Å². The standard InChI is InChI=1S/C20H22N6/c1-16-14-26(12-11-25(16)15-17-5-3-2-4-6-17)20-23-8-7-18(24-20)19-13-21-9-10-22-19/h2-10,13,16H,11-12,14-15H2,1H3/t16-/m1/s1. The van der Waals surface area contributed by atoms with E-state index in [0.717, 1.165) is 43.5 Å². The Kier molecular flexibility index (Phi) is 4.84. The molecule has 0 radical (unpaired) electrons. The number of piperazine rings is 1. The largest absolute Gasteiger partial charge is 0.338 e. The highest BCUT2D eigenvalue weighted by atomic mass is 15.3. The first-order chi connectivity index (χ1) is 12.8. The van der Waals surface area contributed by atoms with E-state index in [-0.39, 0.29) is 0 Å². The molecule has 3 heterocycles. The summed E-state index contributed by atoms with van der Waals surface area (Å²) in [5.41, 5.74) is 2.93. The predicted octanol–water partition coefficient (Wildman–Crippen LogP) is 2.64. The molecule has 1 aliphatic rings. The number of hydrogen-bond acceptors (Lipinski definition) is 6. The summed E-state index contributed by atoms with van der Waals surface area (Å²) in [6.45, 7) is 6.07. The lowest BCUT2D eigenvalue weighted by molar-refractivity contribution is 0.180. The van der Waals surface area contributed by atoms with Gasteiger partial charge in [-0.2, -0.15) is 0 Å². The monoisotopic (exact) mass is 346 g/mol. The Labute approximate surface area is 153 Å². The van der Waals surface area contributed by atoms with Gasteiger partial charge in [0.1, 0.15) is 5.69 Å². The van der Waals surface area contributed by atoms with Crippen molar-refractivity contribution < 1.29 is 0 Å².